The molecule has 0 N–H and O–H groups in total. The van der Waals surface area contributed by atoms with E-state index in [4.69, 9.17) is 21.4 Å². The van der Waals surface area contributed by atoms with Crippen molar-refractivity contribution in [1.29, 1.82) is 0 Å². The van der Waals surface area contributed by atoms with Crippen molar-refractivity contribution >= 4 is 22.5 Å². The number of likely N-dealkylation sites (tertiary alicyclic amines) is 1. The fourth-order valence-corrected chi connectivity index (χ4v) is 4.96. The van der Waals surface area contributed by atoms with Crippen LogP contribution < -0.4 is 4.74 Å². The van der Waals surface area contributed by atoms with Gasteiger partial charge in [0.2, 0.25) is 5.88 Å². The Hall–Kier alpha value is -2.89. The summed E-state index contributed by atoms with van der Waals surface area (Å²) in [6, 6.07) is 17.1. The number of nitrogens with zero attached hydrogens (tertiary/aromatic N) is 4. The molecule has 3 heterocycles. The van der Waals surface area contributed by atoms with Crippen LogP contribution in [0, 0.1) is 6.92 Å². The van der Waals surface area contributed by atoms with E-state index in [0.717, 1.165) is 45.6 Å². The number of aryl methyl sites for hydroxylation is 1. The van der Waals surface area contributed by atoms with Crippen LogP contribution in [0.1, 0.15) is 37.3 Å². The van der Waals surface area contributed by atoms with Crippen molar-refractivity contribution in [2.24, 2.45) is 0 Å². The van der Waals surface area contributed by atoms with Gasteiger partial charge >= 0.3 is 0 Å². The normalized spacial score (nSPS) is 16.4. The molecular formula is C28H31ClN4O. The quantitative estimate of drug-likeness (QED) is 0.278. The van der Waals surface area contributed by atoms with Gasteiger partial charge < -0.3 is 9.64 Å². The van der Waals surface area contributed by atoms with Gasteiger partial charge in [0.15, 0.2) is 0 Å². The molecule has 0 radical (unpaired) electrons. The van der Waals surface area contributed by atoms with Crippen LogP contribution in [-0.4, -0.2) is 45.4 Å². The van der Waals surface area contributed by atoms with Crippen LogP contribution in [0.3, 0.4) is 0 Å². The van der Waals surface area contributed by atoms with Gasteiger partial charge in [0.1, 0.15) is 0 Å². The number of benzene rings is 2. The summed E-state index contributed by atoms with van der Waals surface area (Å²) in [6.07, 6.45) is 7.36. The van der Waals surface area contributed by atoms with Gasteiger partial charge in [-0.15, -0.1) is 5.10 Å². The molecule has 0 bridgehead atoms. The molecule has 4 aromatic rings. The summed E-state index contributed by atoms with van der Waals surface area (Å²) in [6.45, 7) is 8.03. The average Bonchev–Trinajstić information content (AvgIpc) is 3.41. The molecule has 5 rings (SSSR count). The highest BCUT2D eigenvalue weighted by molar-refractivity contribution is 6.30. The van der Waals surface area contributed by atoms with Crippen molar-refractivity contribution in [2.75, 3.05) is 19.7 Å². The first-order chi connectivity index (χ1) is 16.6. The Kier molecular flexibility index (Phi) is 6.84. The Labute approximate surface area is 206 Å². The van der Waals surface area contributed by atoms with Crippen LogP contribution >= 0.6 is 11.6 Å². The lowest BCUT2D eigenvalue weighted by molar-refractivity contribution is 0.227. The van der Waals surface area contributed by atoms with Crippen molar-refractivity contribution in [1.82, 2.24) is 19.7 Å². The predicted octanol–water partition coefficient (Wildman–Crippen LogP) is 6.36. The molecule has 34 heavy (non-hydrogen) atoms. The molecule has 0 spiro atoms. The lowest BCUT2D eigenvalue weighted by Gasteiger charge is -2.20. The first kappa shape index (κ1) is 22.9. The van der Waals surface area contributed by atoms with E-state index in [9.17, 15) is 0 Å². The fourth-order valence-electron chi connectivity index (χ4n) is 4.83. The second kappa shape index (κ2) is 10.2. The number of hydrogen-bond acceptors (Lipinski definition) is 4. The smallest absolute Gasteiger partial charge is 0.240 e. The van der Waals surface area contributed by atoms with Crippen molar-refractivity contribution in [2.45, 2.75) is 45.7 Å². The number of ether oxygens (including phenoxy) is 1. The van der Waals surface area contributed by atoms with E-state index in [1.807, 2.05) is 47.4 Å². The molecule has 2 aromatic carbocycles. The molecule has 1 aliphatic rings. The minimum atomic E-state index is 0.659. The van der Waals surface area contributed by atoms with Gasteiger partial charge in [-0.3, -0.25) is 9.67 Å². The number of aromatic nitrogens is 3. The van der Waals surface area contributed by atoms with Crippen LogP contribution in [-0.2, 0) is 6.54 Å². The predicted molar refractivity (Wildman–Crippen MR) is 139 cm³/mol. The maximum atomic E-state index is 6.28. The third-order valence-electron chi connectivity index (χ3n) is 6.83. The van der Waals surface area contributed by atoms with Gasteiger partial charge in [-0.1, -0.05) is 29.8 Å². The summed E-state index contributed by atoms with van der Waals surface area (Å²) in [5, 5.41) is 6.65. The summed E-state index contributed by atoms with van der Waals surface area (Å²) in [5.41, 5.74) is 5.66. The van der Waals surface area contributed by atoms with E-state index in [-0.39, 0.29) is 0 Å². The molecule has 5 nitrogen and oxygen atoms in total. The largest absolute Gasteiger partial charge is 0.476 e. The fraction of sp³-hybridized carbons (Fsp3) is 0.357. The summed E-state index contributed by atoms with van der Waals surface area (Å²) >= 11 is 6.08. The van der Waals surface area contributed by atoms with E-state index in [0.29, 0.717) is 25.1 Å². The van der Waals surface area contributed by atoms with Crippen LogP contribution in [0.4, 0.5) is 0 Å². The summed E-state index contributed by atoms with van der Waals surface area (Å²) < 4.78 is 8.30. The van der Waals surface area contributed by atoms with Gasteiger partial charge in [0.05, 0.1) is 24.1 Å². The van der Waals surface area contributed by atoms with Crippen molar-refractivity contribution in [3.05, 3.63) is 77.1 Å². The second-order valence-corrected chi connectivity index (χ2v) is 9.68. The van der Waals surface area contributed by atoms with E-state index in [1.165, 1.54) is 24.9 Å². The van der Waals surface area contributed by atoms with Crippen LogP contribution in [0.15, 0.2) is 60.9 Å². The second-order valence-electron chi connectivity index (χ2n) is 9.24. The number of halogens is 1. The molecule has 176 valence electrons. The molecule has 2 aromatic heterocycles. The zero-order valence-electron chi connectivity index (χ0n) is 19.9. The molecule has 0 amide bonds. The minimum Gasteiger partial charge on any atom is -0.476 e. The molecule has 0 saturated carbocycles. The summed E-state index contributed by atoms with van der Waals surface area (Å²) in [4.78, 5) is 6.89. The third kappa shape index (κ3) is 4.96. The highest BCUT2D eigenvalue weighted by atomic mass is 35.5. The highest BCUT2D eigenvalue weighted by Gasteiger charge is 2.19. The maximum absolute atomic E-state index is 6.28. The van der Waals surface area contributed by atoms with Crippen LogP contribution in [0.2, 0.25) is 5.02 Å². The third-order valence-corrected chi connectivity index (χ3v) is 7.08. The molecule has 6 heteroatoms. The van der Waals surface area contributed by atoms with Crippen molar-refractivity contribution < 1.29 is 4.74 Å². The zero-order valence-corrected chi connectivity index (χ0v) is 20.6. The van der Waals surface area contributed by atoms with Gasteiger partial charge in [0.25, 0.3) is 0 Å². The Morgan fingerprint density at radius 2 is 1.97 bits per heavy atom. The first-order valence-corrected chi connectivity index (χ1v) is 12.5. The zero-order chi connectivity index (χ0) is 23.5. The number of fused-ring (bicyclic) bond motifs is 1. The minimum absolute atomic E-state index is 0.659. The van der Waals surface area contributed by atoms with E-state index in [1.54, 1.807) is 0 Å². The topological polar surface area (TPSA) is 43.2 Å². The molecule has 1 fully saturated rings. The molecular weight excluding hydrogens is 444 g/mol. The first-order valence-electron chi connectivity index (χ1n) is 12.1. The molecule has 1 aliphatic heterocycles. The Morgan fingerprint density at radius 1 is 1.12 bits per heavy atom. The van der Waals surface area contributed by atoms with Gasteiger partial charge in [-0.25, -0.2) is 0 Å². The lowest BCUT2D eigenvalue weighted by Crippen LogP contribution is -2.28. The van der Waals surface area contributed by atoms with Gasteiger partial charge in [0, 0.05) is 35.6 Å². The van der Waals surface area contributed by atoms with E-state index < -0.39 is 0 Å². The SMILES string of the molecule is Cc1ccncc1-c1ccc2c(c1)c(OCCCN1CCCC1C)nn2Cc1ccc(Cl)cc1. The Balaban J connectivity index is 1.42. The van der Waals surface area contributed by atoms with Crippen molar-refractivity contribution in [3.63, 3.8) is 0 Å². The van der Waals surface area contributed by atoms with E-state index in [2.05, 4.69) is 41.9 Å². The molecule has 1 atom stereocenters. The highest BCUT2D eigenvalue weighted by Crippen LogP contribution is 2.32. The standard InChI is InChI=1S/C28H31ClN4O/c1-20-12-13-30-18-26(20)23-8-11-27-25(17-23)28(34-16-4-15-32-14-3-5-21(32)2)31-33(27)19-22-6-9-24(29)10-7-22/h6-13,17-18,21H,3-5,14-16,19H2,1-2H3. The number of rotatable bonds is 8. The summed E-state index contributed by atoms with van der Waals surface area (Å²) in [7, 11) is 0. The lowest BCUT2D eigenvalue weighted by atomic mass is 10.0. The Bertz CT molecular complexity index is 1270. The van der Waals surface area contributed by atoms with Gasteiger partial charge in [-0.2, -0.15) is 0 Å². The molecule has 1 saturated heterocycles. The molecule has 0 aliphatic carbocycles. The van der Waals surface area contributed by atoms with Crippen LogP contribution in [0.5, 0.6) is 5.88 Å². The number of pyridine rings is 1. The monoisotopic (exact) mass is 474 g/mol. The van der Waals surface area contributed by atoms with Crippen molar-refractivity contribution in [3.8, 4) is 17.0 Å². The maximum Gasteiger partial charge on any atom is 0.240 e. The average molecular weight is 475 g/mol. The summed E-state index contributed by atoms with van der Waals surface area (Å²) in [5.74, 6) is 0.696. The number of hydrogen-bond donors (Lipinski definition) is 0. The van der Waals surface area contributed by atoms with E-state index >= 15 is 0 Å². The van der Waals surface area contributed by atoms with Crippen LogP contribution in [0.25, 0.3) is 22.0 Å². The molecule has 1 unspecified atom stereocenters. The Morgan fingerprint density at radius 3 is 2.74 bits per heavy atom. The van der Waals surface area contributed by atoms with Gasteiger partial charge in [-0.05, 0) is 86.7 Å².